The van der Waals surface area contributed by atoms with Crippen LogP contribution in [-0.4, -0.2) is 59.8 Å². The number of rotatable bonds is 6. The van der Waals surface area contributed by atoms with Crippen molar-refractivity contribution in [1.29, 1.82) is 0 Å². The van der Waals surface area contributed by atoms with Crippen LogP contribution in [0.4, 0.5) is 10.5 Å². The Kier molecular flexibility index (Phi) is 6.14. The maximum absolute atomic E-state index is 12.2. The first kappa shape index (κ1) is 20.6. The van der Waals surface area contributed by atoms with Gasteiger partial charge in [-0.2, -0.15) is 0 Å². The second-order valence-corrected chi connectivity index (χ2v) is 11.2. The van der Waals surface area contributed by atoms with Crippen molar-refractivity contribution < 1.29 is 23.3 Å². The van der Waals surface area contributed by atoms with E-state index in [0.29, 0.717) is 37.0 Å². The number of benzene rings is 1. The number of thioether (sulfide) groups is 1. The summed E-state index contributed by atoms with van der Waals surface area (Å²) in [5, 5.41) is 6.57. The van der Waals surface area contributed by atoms with Gasteiger partial charge in [-0.15, -0.1) is 23.1 Å². The van der Waals surface area contributed by atoms with Gasteiger partial charge in [-0.3, -0.25) is 14.3 Å². The SMILES string of the molecule is CC1(CS(=O)CCOC(=O)Nc2ccc3sc4c(c3c2)SCCNC4=O)COC1. The van der Waals surface area contributed by atoms with Gasteiger partial charge in [-0.25, -0.2) is 4.79 Å². The fraction of sp³-hybridized carbons (Fsp3) is 0.474. The molecule has 2 aliphatic heterocycles. The summed E-state index contributed by atoms with van der Waals surface area (Å²) in [5.74, 6) is 1.64. The van der Waals surface area contributed by atoms with Crippen LogP contribution in [-0.2, 0) is 20.3 Å². The first-order valence-electron chi connectivity index (χ1n) is 9.28. The first-order chi connectivity index (χ1) is 13.9. The van der Waals surface area contributed by atoms with E-state index in [9.17, 15) is 13.8 Å². The third-order valence-electron chi connectivity index (χ3n) is 4.68. The molecule has 7 nitrogen and oxygen atoms in total. The van der Waals surface area contributed by atoms with Crippen molar-refractivity contribution in [2.24, 2.45) is 5.41 Å². The Bertz CT molecular complexity index is 970. The van der Waals surface area contributed by atoms with Crippen LogP contribution in [0.25, 0.3) is 10.1 Å². The number of ether oxygens (including phenoxy) is 2. The van der Waals surface area contributed by atoms with E-state index in [1.165, 1.54) is 11.3 Å². The monoisotopic (exact) mass is 454 g/mol. The standard InChI is InChI=1S/C19H22N2O5S3/c1-19(9-25-10-19)11-29(24)7-5-26-18(23)21-12-2-3-14-13(8-12)15-16(28-14)17(22)20-4-6-27-15/h2-3,8H,4-7,9-11H2,1H3,(H,20,22)(H,21,23). The molecule has 1 fully saturated rings. The van der Waals surface area contributed by atoms with E-state index in [-0.39, 0.29) is 17.9 Å². The topological polar surface area (TPSA) is 93.7 Å². The lowest BCUT2D eigenvalue weighted by atomic mass is 9.92. The number of thiophene rings is 1. The molecule has 0 bridgehead atoms. The molecule has 1 aromatic heterocycles. The van der Waals surface area contributed by atoms with Crippen molar-refractivity contribution in [2.75, 3.05) is 48.9 Å². The zero-order chi connectivity index (χ0) is 20.4. The highest BCUT2D eigenvalue weighted by Gasteiger charge is 2.35. The molecule has 4 rings (SSSR count). The lowest BCUT2D eigenvalue weighted by Gasteiger charge is -2.37. The van der Waals surface area contributed by atoms with Gasteiger partial charge < -0.3 is 14.8 Å². The predicted molar refractivity (Wildman–Crippen MR) is 117 cm³/mol. The highest BCUT2D eigenvalue weighted by molar-refractivity contribution is 7.99. The van der Waals surface area contributed by atoms with Crippen LogP contribution in [0.2, 0.25) is 0 Å². The van der Waals surface area contributed by atoms with E-state index in [4.69, 9.17) is 9.47 Å². The predicted octanol–water partition coefficient (Wildman–Crippen LogP) is 3.07. The third-order valence-corrected chi connectivity index (χ3v) is 8.74. The van der Waals surface area contributed by atoms with Crippen molar-refractivity contribution >= 4 is 61.7 Å². The Morgan fingerprint density at radius 1 is 1.41 bits per heavy atom. The normalized spacial score (nSPS) is 18.9. The molecule has 0 saturated carbocycles. The summed E-state index contributed by atoms with van der Waals surface area (Å²) in [6, 6.07) is 5.55. The molecule has 2 amide bonds. The number of carbonyl (C=O) groups is 2. The van der Waals surface area contributed by atoms with Gasteiger partial charge in [-0.1, -0.05) is 6.92 Å². The summed E-state index contributed by atoms with van der Waals surface area (Å²) in [4.78, 5) is 26.0. The molecule has 1 saturated heterocycles. The Morgan fingerprint density at radius 3 is 3.00 bits per heavy atom. The highest BCUT2D eigenvalue weighted by Crippen LogP contribution is 2.40. The molecule has 1 unspecified atom stereocenters. The molecule has 0 spiro atoms. The number of fused-ring (bicyclic) bond motifs is 3. The quantitative estimate of drug-likeness (QED) is 0.697. The van der Waals surface area contributed by atoms with Crippen LogP contribution in [0.5, 0.6) is 0 Å². The van der Waals surface area contributed by atoms with E-state index < -0.39 is 16.9 Å². The highest BCUT2D eigenvalue weighted by atomic mass is 32.2. The lowest BCUT2D eigenvalue weighted by molar-refractivity contribution is -0.0866. The number of hydrogen-bond acceptors (Lipinski definition) is 7. The molecule has 1 atom stereocenters. The van der Waals surface area contributed by atoms with Crippen LogP contribution in [0.3, 0.4) is 0 Å². The maximum atomic E-state index is 12.2. The molecule has 2 aliphatic rings. The minimum atomic E-state index is -1.05. The lowest BCUT2D eigenvalue weighted by Crippen LogP contribution is -2.44. The second kappa shape index (κ2) is 8.63. The van der Waals surface area contributed by atoms with E-state index in [1.807, 2.05) is 19.1 Å². The van der Waals surface area contributed by atoms with Crippen molar-refractivity contribution in [1.82, 2.24) is 5.32 Å². The summed E-state index contributed by atoms with van der Waals surface area (Å²) in [7, 11) is -1.05. The number of carbonyl (C=O) groups excluding carboxylic acids is 2. The molecule has 10 heteroatoms. The fourth-order valence-corrected chi connectivity index (χ4v) is 6.89. The third kappa shape index (κ3) is 4.76. The molecule has 3 heterocycles. The summed E-state index contributed by atoms with van der Waals surface area (Å²) >= 11 is 3.10. The minimum absolute atomic E-state index is 0.0179. The van der Waals surface area contributed by atoms with Crippen LogP contribution in [0, 0.1) is 5.41 Å². The number of nitrogens with one attached hydrogen (secondary N) is 2. The Hall–Kier alpha value is -1.62. The van der Waals surface area contributed by atoms with Gasteiger partial charge in [0.2, 0.25) is 0 Å². The smallest absolute Gasteiger partial charge is 0.411 e. The molecule has 0 radical (unpaired) electrons. The number of hydrogen-bond donors (Lipinski definition) is 2. The second-order valence-electron chi connectivity index (χ2n) is 7.43. The van der Waals surface area contributed by atoms with Crippen LogP contribution in [0.15, 0.2) is 23.1 Å². The van der Waals surface area contributed by atoms with E-state index in [0.717, 1.165) is 25.6 Å². The van der Waals surface area contributed by atoms with Crippen molar-refractivity contribution in [3.63, 3.8) is 0 Å². The summed E-state index contributed by atoms with van der Waals surface area (Å²) in [6.07, 6.45) is -0.578. The molecule has 2 aromatic rings. The molecule has 2 N–H and O–H groups in total. The number of anilines is 1. The van der Waals surface area contributed by atoms with Crippen LogP contribution < -0.4 is 10.6 Å². The molecule has 1 aromatic carbocycles. The molecule has 29 heavy (non-hydrogen) atoms. The van der Waals surface area contributed by atoms with Gasteiger partial charge in [0, 0.05) is 54.9 Å². The first-order valence-corrected chi connectivity index (χ1v) is 12.6. The van der Waals surface area contributed by atoms with Crippen molar-refractivity contribution in [3.05, 3.63) is 23.1 Å². The van der Waals surface area contributed by atoms with Gasteiger partial charge in [0.25, 0.3) is 5.91 Å². The van der Waals surface area contributed by atoms with Gasteiger partial charge in [0.15, 0.2) is 0 Å². The summed E-state index contributed by atoms with van der Waals surface area (Å²) < 4.78 is 23.5. The van der Waals surface area contributed by atoms with Crippen LogP contribution >= 0.6 is 23.1 Å². The molecular weight excluding hydrogens is 432 g/mol. The Labute approximate surface area is 179 Å². The van der Waals surface area contributed by atoms with Crippen LogP contribution in [0.1, 0.15) is 16.6 Å². The van der Waals surface area contributed by atoms with E-state index >= 15 is 0 Å². The Balaban J connectivity index is 1.34. The molecular formula is C19H22N2O5S3. The zero-order valence-electron chi connectivity index (χ0n) is 15.9. The maximum Gasteiger partial charge on any atom is 0.411 e. The van der Waals surface area contributed by atoms with Gasteiger partial charge in [-0.05, 0) is 18.2 Å². The molecule has 0 aliphatic carbocycles. The van der Waals surface area contributed by atoms with Gasteiger partial charge in [0.1, 0.15) is 11.5 Å². The minimum Gasteiger partial charge on any atom is -0.448 e. The van der Waals surface area contributed by atoms with E-state index in [1.54, 1.807) is 17.8 Å². The van der Waals surface area contributed by atoms with E-state index in [2.05, 4.69) is 10.6 Å². The van der Waals surface area contributed by atoms with Crippen molar-refractivity contribution in [3.8, 4) is 0 Å². The summed E-state index contributed by atoms with van der Waals surface area (Å²) in [5.41, 5.74) is 0.587. The number of amides is 2. The van der Waals surface area contributed by atoms with Crippen molar-refractivity contribution in [2.45, 2.75) is 11.8 Å². The van der Waals surface area contributed by atoms with Gasteiger partial charge in [0.05, 0.1) is 19.0 Å². The average molecular weight is 455 g/mol. The molecule has 156 valence electrons. The van der Waals surface area contributed by atoms with Gasteiger partial charge >= 0.3 is 6.09 Å². The Morgan fingerprint density at radius 2 is 2.24 bits per heavy atom. The zero-order valence-corrected chi connectivity index (χ0v) is 18.4. The summed E-state index contributed by atoms with van der Waals surface area (Å²) in [6.45, 7) is 4.06. The average Bonchev–Trinajstić information content (AvgIpc) is 2.91. The fourth-order valence-electron chi connectivity index (χ4n) is 3.22. The largest absolute Gasteiger partial charge is 0.448 e.